The zero-order valence-corrected chi connectivity index (χ0v) is 14.9. The third-order valence-corrected chi connectivity index (χ3v) is 4.17. The van der Waals surface area contributed by atoms with Crippen LogP contribution < -0.4 is 5.32 Å². The lowest BCUT2D eigenvalue weighted by Gasteiger charge is -2.26. The normalized spacial score (nSPS) is 17.0. The molecule has 24 heavy (non-hydrogen) atoms. The van der Waals surface area contributed by atoms with E-state index in [9.17, 15) is 14.4 Å². The highest BCUT2D eigenvalue weighted by atomic mass is 35.5. The van der Waals surface area contributed by atoms with E-state index in [1.807, 2.05) is 0 Å². The number of rotatable bonds is 5. The number of carbonyl (C=O) groups excluding carboxylic acids is 3. The third kappa shape index (κ3) is 4.36. The molecule has 128 valence electrons. The van der Waals surface area contributed by atoms with Gasteiger partial charge in [-0.05, 0) is 42.5 Å². The average Bonchev–Trinajstić information content (AvgIpc) is 2.48. The molecule has 1 aromatic carbocycles. The minimum Gasteiger partial charge on any atom is -0.273 e. The fourth-order valence-electron chi connectivity index (χ4n) is 2.33. The third-order valence-electron chi connectivity index (χ3n) is 3.61. The van der Waals surface area contributed by atoms with Gasteiger partial charge in [-0.1, -0.05) is 43.1 Å². The fourth-order valence-corrected chi connectivity index (χ4v) is 2.79. The summed E-state index contributed by atoms with van der Waals surface area (Å²) in [4.78, 5) is 37.5. The summed E-state index contributed by atoms with van der Waals surface area (Å²) in [7, 11) is 0. The molecule has 0 saturated carbocycles. The largest absolute Gasteiger partial charge is 0.331 e. The van der Waals surface area contributed by atoms with Crippen molar-refractivity contribution in [3.8, 4) is 0 Å². The molecule has 5 nitrogen and oxygen atoms in total. The first kappa shape index (κ1) is 18.5. The van der Waals surface area contributed by atoms with Crippen molar-refractivity contribution < 1.29 is 14.4 Å². The van der Waals surface area contributed by atoms with Gasteiger partial charge in [0.05, 0.1) is 0 Å². The van der Waals surface area contributed by atoms with Crippen molar-refractivity contribution in [2.24, 2.45) is 5.92 Å². The first-order valence-electron chi connectivity index (χ1n) is 7.63. The Morgan fingerprint density at radius 3 is 2.54 bits per heavy atom. The minimum absolute atomic E-state index is 0.122. The number of hydrogen-bond acceptors (Lipinski definition) is 3. The van der Waals surface area contributed by atoms with Gasteiger partial charge in [0, 0.05) is 16.6 Å². The molecule has 4 amide bonds. The molecule has 1 N–H and O–H groups in total. The Kier molecular flexibility index (Phi) is 6.02. The summed E-state index contributed by atoms with van der Waals surface area (Å²) in [5.74, 6) is -0.868. The van der Waals surface area contributed by atoms with Crippen LogP contribution >= 0.6 is 23.2 Å². The van der Waals surface area contributed by atoms with E-state index in [-0.39, 0.29) is 12.1 Å². The van der Waals surface area contributed by atoms with Gasteiger partial charge in [0.25, 0.3) is 11.8 Å². The van der Waals surface area contributed by atoms with E-state index >= 15 is 0 Å². The van der Waals surface area contributed by atoms with Crippen LogP contribution in [-0.2, 0) is 9.59 Å². The number of nitrogens with zero attached hydrogens (tertiary/aromatic N) is 1. The molecule has 0 atom stereocenters. The maximum absolute atomic E-state index is 12.5. The molecule has 1 aliphatic heterocycles. The van der Waals surface area contributed by atoms with E-state index in [1.54, 1.807) is 12.1 Å². The smallest absolute Gasteiger partial charge is 0.273 e. The summed E-state index contributed by atoms with van der Waals surface area (Å²) in [5.41, 5.74) is 0.361. The first-order chi connectivity index (χ1) is 11.3. The van der Waals surface area contributed by atoms with Crippen molar-refractivity contribution >= 4 is 47.1 Å². The van der Waals surface area contributed by atoms with Crippen molar-refractivity contribution in [1.29, 1.82) is 0 Å². The number of hydrogen-bond donors (Lipinski definition) is 1. The summed E-state index contributed by atoms with van der Waals surface area (Å²) >= 11 is 11.9. The van der Waals surface area contributed by atoms with Crippen molar-refractivity contribution in [2.45, 2.75) is 26.7 Å². The molecule has 1 aliphatic rings. The molecule has 7 heteroatoms. The second-order valence-corrected chi connectivity index (χ2v) is 6.82. The van der Waals surface area contributed by atoms with Crippen LogP contribution in [0.4, 0.5) is 4.79 Å². The maximum atomic E-state index is 12.5. The topological polar surface area (TPSA) is 66.5 Å². The van der Waals surface area contributed by atoms with Crippen molar-refractivity contribution in [2.75, 3.05) is 6.54 Å². The van der Waals surface area contributed by atoms with Crippen LogP contribution in [-0.4, -0.2) is 29.3 Å². The average molecular weight is 369 g/mol. The first-order valence-corrected chi connectivity index (χ1v) is 8.39. The van der Waals surface area contributed by atoms with Crippen LogP contribution in [0, 0.1) is 5.92 Å². The van der Waals surface area contributed by atoms with E-state index in [0.29, 0.717) is 27.9 Å². The van der Waals surface area contributed by atoms with Crippen LogP contribution in [0.3, 0.4) is 0 Å². The van der Waals surface area contributed by atoms with Crippen LogP contribution in [0.5, 0.6) is 0 Å². The number of urea groups is 1. The molecule has 0 unspecified atom stereocenters. The number of amides is 4. The van der Waals surface area contributed by atoms with Gasteiger partial charge in [0.1, 0.15) is 5.57 Å². The maximum Gasteiger partial charge on any atom is 0.331 e. The number of imide groups is 2. The van der Waals surface area contributed by atoms with Gasteiger partial charge in [0.2, 0.25) is 0 Å². The van der Waals surface area contributed by atoms with Gasteiger partial charge in [0.15, 0.2) is 0 Å². The van der Waals surface area contributed by atoms with E-state index in [1.165, 1.54) is 12.1 Å². The Morgan fingerprint density at radius 1 is 1.21 bits per heavy atom. The summed E-state index contributed by atoms with van der Waals surface area (Å²) < 4.78 is 0. The van der Waals surface area contributed by atoms with Crippen LogP contribution in [0.2, 0.25) is 10.0 Å². The lowest BCUT2D eigenvalue weighted by molar-refractivity contribution is -0.130. The number of carbonyl (C=O) groups is 3. The Bertz CT molecular complexity index is 714. The molecule has 2 rings (SSSR count). The Balaban J connectivity index is 2.25. The Labute approximate surface area is 150 Å². The summed E-state index contributed by atoms with van der Waals surface area (Å²) in [6.07, 6.45) is 2.94. The predicted octanol–water partition coefficient (Wildman–Crippen LogP) is 3.89. The highest BCUT2D eigenvalue weighted by molar-refractivity contribution is 6.36. The molecule has 0 spiro atoms. The Morgan fingerprint density at radius 2 is 1.92 bits per heavy atom. The zero-order chi connectivity index (χ0) is 17.9. The van der Waals surface area contributed by atoms with E-state index < -0.39 is 17.8 Å². The lowest BCUT2D eigenvalue weighted by Crippen LogP contribution is -2.54. The second kappa shape index (κ2) is 7.81. The molecular weight excluding hydrogens is 351 g/mol. The highest BCUT2D eigenvalue weighted by Crippen LogP contribution is 2.24. The van der Waals surface area contributed by atoms with Gasteiger partial charge in [-0.15, -0.1) is 0 Å². The minimum atomic E-state index is -0.726. The molecule has 1 aromatic rings. The van der Waals surface area contributed by atoms with Crippen molar-refractivity contribution in [3.05, 3.63) is 39.4 Å². The molecule has 1 saturated heterocycles. The molecule has 0 aromatic heterocycles. The molecule has 1 fully saturated rings. The van der Waals surface area contributed by atoms with Gasteiger partial charge >= 0.3 is 6.03 Å². The van der Waals surface area contributed by atoms with E-state index in [2.05, 4.69) is 19.2 Å². The predicted molar refractivity (Wildman–Crippen MR) is 93.8 cm³/mol. The SMILES string of the molecule is CC(C)CCCN1C(=O)NC(=O)C(=Cc2ccc(Cl)cc2Cl)C1=O. The van der Waals surface area contributed by atoms with Gasteiger partial charge in [-0.3, -0.25) is 19.8 Å². The highest BCUT2D eigenvalue weighted by Gasteiger charge is 2.35. The van der Waals surface area contributed by atoms with Crippen LogP contribution in [0.25, 0.3) is 6.08 Å². The van der Waals surface area contributed by atoms with Gasteiger partial charge < -0.3 is 0 Å². The zero-order valence-electron chi connectivity index (χ0n) is 13.4. The quantitative estimate of drug-likeness (QED) is 0.633. The van der Waals surface area contributed by atoms with Crippen molar-refractivity contribution in [3.63, 3.8) is 0 Å². The Hall–Kier alpha value is -1.85. The van der Waals surface area contributed by atoms with Gasteiger partial charge in [-0.2, -0.15) is 0 Å². The molecule has 1 heterocycles. The summed E-state index contributed by atoms with van der Waals surface area (Å²) in [5, 5.41) is 2.96. The van der Waals surface area contributed by atoms with E-state index in [4.69, 9.17) is 23.2 Å². The summed E-state index contributed by atoms with van der Waals surface area (Å²) in [6.45, 7) is 4.40. The standard InChI is InChI=1S/C17H18Cl2N2O3/c1-10(2)4-3-7-21-16(23)13(15(22)20-17(21)24)8-11-5-6-12(18)9-14(11)19/h5-6,8-10H,3-4,7H2,1-2H3,(H,20,22,24). The molecule has 0 radical (unpaired) electrons. The molecule has 0 bridgehead atoms. The number of benzene rings is 1. The summed E-state index contributed by atoms with van der Waals surface area (Å²) in [6, 6.07) is 4.05. The number of nitrogens with one attached hydrogen (secondary N) is 1. The second-order valence-electron chi connectivity index (χ2n) is 5.98. The number of barbiturate groups is 1. The van der Waals surface area contributed by atoms with Crippen LogP contribution in [0.1, 0.15) is 32.3 Å². The number of halogens is 2. The molecule has 0 aliphatic carbocycles. The van der Waals surface area contributed by atoms with Crippen molar-refractivity contribution in [1.82, 2.24) is 10.2 Å². The van der Waals surface area contributed by atoms with Gasteiger partial charge in [-0.25, -0.2) is 4.79 Å². The monoisotopic (exact) mass is 368 g/mol. The van der Waals surface area contributed by atoms with E-state index in [0.717, 1.165) is 11.3 Å². The fraction of sp³-hybridized carbons (Fsp3) is 0.353. The molecular formula is C17H18Cl2N2O3. The lowest BCUT2D eigenvalue weighted by atomic mass is 10.1. The van der Waals surface area contributed by atoms with Crippen LogP contribution in [0.15, 0.2) is 23.8 Å².